The van der Waals surface area contributed by atoms with Crippen molar-refractivity contribution in [2.75, 3.05) is 20.6 Å². The molecule has 0 heterocycles. The lowest BCUT2D eigenvalue weighted by Crippen LogP contribution is -2.10. The van der Waals surface area contributed by atoms with Crippen LogP contribution in [-0.2, 0) is 0 Å². The summed E-state index contributed by atoms with van der Waals surface area (Å²) in [7, 11) is 4.06. The molecule has 62 valence electrons. The topological polar surface area (TPSA) is 15.6 Å². The van der Waals surface area contributed by atoms with Crippen molar-refractivity contribution in [1.82, 2.24) is 4.90 Å². The van der Waals surface area contributed by atoms with Crippen molar-refractivity contribution >= 4 is 6.21 Å². The number of aliphatic imine (C=N–C) groups is 1. The van der Waals surface area contributed by atoms with Gasteiger partial charge in [0.25, 0.3) is 0 Å². The van der Waals surface area contributed by atoms with Gasteiger partial charge in [-0.2, -0.15) is 0 Å². The van der Waals surface area contributed by atoms with Crippen LogP contribution in [0.3, 0.4) is 0 Å². The molecule has 0 bridgehead atoms. The first-order chi connectivity index (χ1) is 5.27. The second kappa shape index (κ2) is 7.22. The first kappa shape index (κ1) is 10.1. The smallest absolute Gasteiger partial charge is 0.0264 e. The standard InChI is InChI=1S/C9H16N2/c1-4-5-7-10-8-6-9-11(2)3/h4-8H,9H2,1-3H3/b5-4-,8-6+,10-7-. The summed E-state index contributed by atoms with van der Waals surface area (Å²) in [5.74, 6) is 0. The maximum absolute atomic E-state index is 4.01. The van der Waals surface area contributed by atoms with E-state index in [0.29, 0.717) is 0 Å². The fraction of sp³-hybridized carbons (Fsp3) is 0.444. The van der Waals surface area contributed by atoms with Gasteiger partial charge in [0, 0.05) is 19.0 Å². The highest BCUT2D eigenvalue weighted by atomic mass is 15.0. The molecule has 0 aromatic heterocycles. The summed E-state index contributed by atoms with van der Waals surface area (Å²) in [6.07, 6.45) is 9.44. The van der Waals surface area contributed by atoms with Gasteiger partial charge in [-0.15, -0.1) is 0 Å². The van der Waals surface area contributed by atoms with E-state index in [1.165, 1.54) is 0 Å². The van der Waals surface area contributed by atoms with E-state index in [4.69, 9.17) is 0 Å². The molecule has 0 aromatic rings. The molecule has 0 N–H and O–H groups in total. The Hall–Kier alpha value is -0.890. The Morgan fingerprint density at radius 3 is 2.64 bits per heavy atom. The van der Waals surface area contributed by atoms with E-state index in [0.717, 1.165) is 6.54 Å². The molecule has 2 nitrogen and oxygen atoms in total. The largest absolute Gasteiger partial charge is 0.306 e. The Bertz CT molecular complexity index is 155. The highest BCUT2D eigenvalue weighted by Gasteiger charge is 1.78. The second-order valence-electron chi connectivity index (χ2n) is 2.47. The van der Waals surface area contributed by atoms with Crippen LogP contribution in [0, 0.1) is 0 Å². The van der Waals surface area contributed by atoms with Crippen molar-refractivity contribution in [3.63, 3.8) is 0 Å². The summed E-state index contributed by atoms with van der Waals surface area (Å²) < 4.78 is 0. The third-order valence-corrected chi connectivity index (χ3v) is 1.03. The van der Waals surface area contributed by atoms with Crippen molar-refractivity contribution in [2.45, 2.75) is 6.92 Å². The third kappa shape index (κ3) is 9.11. The van der Waals surface area contributed by atoms with Gasteiger partial charge in [0.15, 0.2) is 0 Å². The number of nitrogens with zero attached hydrogens (tertiary/aromatic N) is 2. The Labute approximate surface area is 68.9 Å². The molecule has 0 aliphatic heterocycles. The predicted octanol–water partition coefficient (Wildman–Crippen LogP) is 1.71. The lowest BCUT2D eigenvalue weighted by molar-refractivity contribution is 0.456. The van der Waals surface area contributed by atoms with Crippen LogP contribution < -0.4 is 0 Å². The fourth-order valence-corrected chi connectivity index (χ4v) is 0.504. The molecule has 0 spiro atoms. The zero-order chi connectivity index (χ0) is 8.53. The van der Waals surface area contributed by atoms with Gasteiger partial charge >= 0.3 is 0 Å². The molecule has 0 unspecified atom stereocenters. The molecule has 0 fully saturated rings. The van der Waals surface area contributed by atoms with Crippen molar-refractivity contribution in [3.8, 4) is 0 Å². The van der Waals surface area contributed by atoms with E-state index in [2.05, 4.69) is 9.89 Å². The van der Waals surface area contributed by atoms with Gasteiger partial charge < -0.3 is 4.90 Å². The van der Waals surface area contributed by atoms with E-state index in [-0.39, 0.29) is 0 Å². The van der Waals surface area contributed by atoms with Crippen LogP contribution in [0.5, 0.6) is 0 Å². The Balaban J connectivity index is 3.44. The summed E-state index contributed by atoms with van der Waals surface area (Å²) in [4.78, 5) is 6.10. The Morgan fingerprint density at radius 2 is 2.09 bits per heavy atom. The minimum Gasteiger partial charge on any atom is -0.306 e. The number of hydrogen-bond donors (Lipinski definition) is 0. The molecular weight excluding hydrogens is 136 g/mol. The minimum absolute atomic E-state index is 0.938. The lowest BCUT2D eigenvalue weighted by atomic mass is 10.5. The van der Waals surface area contributed by atoms with Gasteiger partial charge in [0.05, 0.1) is 0 Å². The lowest BCUT2D eigenvalue weighted by Gasteiger charge is -2.02. The molecule has 0 rings (SSSR count). The van der Waals surface area contributed by atoms with E-state index in [1.54, 1.807) is 12.4 Å². The van der Waals surface area contributed by atoms with Gasteiger partial charge in [-0.3, -0.25) is 4.99 Å². The average Bonchev–Trinajstić information content (AvgIpc) is 1.96. The number of likely N-dealkylation sites (N-methyl/N-ethyl adjacent to an activating group) is 1. The molecule has 0 amide bonds. The fourth-order valence-electron chi connectivity index (χ4n) is 0.504. The van der Waals surface area contributed by atoms with Crippen LogP contribution in [-0.4, -0.2) is 31.8 Å². The van der Waals surface area contributed by atoms with Gasteiger partial charge in [-0.1, -0.05) is 12.2 Å². The molecule has 0 aliphatic carbocycles. The third-order valence-electron chi connectivity index (χ3n) is 1.03. The zero-order valence-electron chi connectivity index (χ0n) is 7.49. The highest BCUT2D eigenvalue weighted by molar-refractivity contribution is 5.71. The highest BCUT2D eigenvalue weighted by Crippen LogP contribution is 1.78. The molecule has 11 heavy (non-hydrogen) atoms. The molecule has 0 aliphatic rings. The normalized spacial score (nSPS) is 13.1. The van der Waals surface area contributed by atoms with E-state index in [1.807, 2.05) is 39.2 Å². The predicted molar refractivity (Wildman–Crippen MR) is 51.0 cm³/mol. The van der Waals surface area contributed by atoms with Crippen molar-refractivity contribution in [2.24, 2.45) is 4.99 Å². The van der Waals surface area contributed by atoms with Crippen LogP contribution in [0.25, 0.3) is 0 Å². The minimum atomic E-state index is 0.938. The average molecular weight is 152 g/mol. The quantitative estimate of drug-likeness (QED) is 0.560. The van der Waals surface area contributed by atoms with Crippen molar-refractivity contribution in [3.05, 3.63) is 24.4 Å². The Kier molecular flexibility index (Phi) is 6.64. The summed E-state index contributed by atoms with van der Waals surface area (Å²) >= 11 is 0. The molecule has 0 aromatic carbocycles. The summed E-state index contributed by atoms with van der Waals surface area (Å²) in [5, 5.41) is 0. The van der Waals surface area contributed by atoms with Crippen LogP contribution in [0.2, 0.25) is 0 Å². The van der Waals surface area contributed by atoms with E-state index < -0.39 is 0 Å². The molecule has 0 saturated carbocycles. The summed E-state index contributed by atoms with van der Waals surface area (Å²) in [5.41, 5.74) is 0. The van der Waals surface area contributed by atoms with Gasteiger partial charge in [0.1, 0.15) is 0 Å². The molecular formula is C9H16N2. The van der Waals surface area contributed by atoms with Gasteiger partial charge in [-0.05, 0) is 27.1 Å². The molecule has 0 radical (unpaired) electrons. The number of hydrogen-bond acceptors (Lipinski definition) is 2. The summed E-state index contributed by atoms with van der Waals surface area (Å²) in [6, 6.07) is 0. The zero-order valence-corrected chi connectivity index (χ0v) is 7.49. The monoisotopic (exact) mass is 152 g/mol. The first-order valence-corrected chi connectivity index (χ1v) is 3.71. The maximum atomic E-state index is 4.01. The van der Waals surface area contributed by atoms with E-state index in [9.17, 15) is 0 Å². The molecule has 0 atom stereocenters. The van der Waals surface area contributed by atoms with Crippen molar-refractivity contribution in [1.29, 1.82) is 0 Å². The van der Waals surface area contributed by atoms with Crippen LogP contribution in [0.1, 0.15) is 6.92 Å². The number of allylic oxidation sites excluding steroid dienone is 2. The summed E-state index contributed by atoms with van der Waals surface area (Å²) in [6.45, 7) is 2.91. The van der Waals surface area contributed by atoms with E-state index >= 15 is 0 Å². The SMILES string of the molecule is C\C=C/C=N\C=C\CN(C)C. The molecule has 0 saturated heterocycles. The van der Waals surface area contributed by atoms with Crippen LogP contribution in [0.15, 0.2) is 29.4 Å². The second-order valence-corrected chi connectivity index (χ2v) is 2.47. The Morgan fingerprint density at radius 1 is 1.36 bits per heavy atom. The number of rotatable bonds is 4. The van der Waals surface area contributed by atoms with Gasteiger partial charge in [0.2, 0.25) is 0 Å². The molecule has 2 heteroatoms. The van der Waals surface area contributed by atoms with Crippen molar-refractivity contribution < 1.29 is 0 Å². The van der Waals surface area contributed by atoms with Crippen LogP contribution in [0.4, 0.5) is 0 Å². The first-order valence-electron chi connectivity index (χ1n) is 3.71. The van der Waals surface area contributed by atoms with Crippen LogP contribution >= 0.6 is 0 Å². The maximum Gasteiger partial charge on any atom is 0.0264 e. The van der Waals surface area contributed by atoms with Gasteiger partial charge in [-0.25, -0.2) is 0 Å².